The molecule has 166 valence electrons. The van der Waals surface area contributed by atoms with Crippen LogP contribution in [-0.4, -0.2) is 78.5 Å². The molecule has 10 heteroatoms. The number of hydrogen-bond donors (Lipinski definition) is 1. The fraction of sp³-hybridized carbons (Fsp3) is 0.650. The van der Waals surface area contributed by atoms with Gasteiger partial charge in [0.05, 0.1) is 9.21 Å². The molecule has 0 saturated carbocycles. The SMILES string of the molecule is CC(C)(C)OC(=O)N1CCN(CCCNC(=O)C2CC(c3ccc(Cl)s3)=NO2)CC1. The standard InChI is InChI=1S/C20H29ClN4O4S/c1-20(2,3)28-19(27)25-11-9-24(10-12-25)8-4-7-22-18(26)15-13-14(23-29-15)16-5-6-17(21)30-16/h5-6,15H,4,7-13H2,1-3H3,(H,22,26). The van der Waals surface area contributed by atoms with E-state index in [9.17, 15) is 9.59 Å². The monoisotopic (exact) mass is 456 g/mol. The van der Waals surface area contributed by atoms with Gasteiger partial charge in [-0.1, -0.05) is 16.8 Å². The topological polar surface area (TPSA) is 83.5 Å². The summed E-state index contributed by atoms with van der Waals surface area (Å²) in [7, 11) is 0. The fourth-order valence-electron chi connectivity index (χ4n) is 3.24. The number of carbonyl (C=O) groups is 2. The molecule has 1 atom stereocenters. The minimum absolute atomic E-state index is 0.147. The molecule has 1 aromatic heterocycles. The largest absolute Gasteiger partial charge is 0.444 e. The molecule has 3 rings (SSSR count). The average molecular weight is 457 g/mol. The van der Waals surface area contributed by atoms with Crippen LogP contribution in [0.3, 0.4) is 0 Å². The first-order chi connectivity index (χ1) is 14.2. The highest BCUT2D eigenvalue weighted by Crippen LogP contribution is 2.26. The zero-order chi connectivity index (χ0) is 21.7. The number of thiophene rings is 1. The van der Waals surface area contributed by atoms with E-state index in [1.165, 1.54) is 11.3 Å². The lowest BCUT2D eigenvalue weighted by atomic mass is 10.1. The van der Waals surface area contributed by atoms with Gasteiger partial charge < -0.3 is 19.8 Å². The Balaban J connectivity index is 1.29. The van der Waals surface area contributed by atoms with Gasteiger partial charge in [-0.15, -0.1) is 11.3 Å². The van der Waals surface area contributed by atoms with E-state index < -0.39 is 11.7 Å². The molecule has 0 radical (unpaired) electrons. The van der Waals surface area contributed by atoms with Crippen LogP contribution in [0, 0.1) is 0 Å². The minimum Gasteiger partial charge on any atom is -0.444 e. The number of oxime groups is 1. The first kappa shape index (κ1) is 22.8. The number of hydrogen-bond acceptors (Lipinski definition) is 7. The molecule has 1 N–H and O–H groups in total. The van der Waals surface area contributed by atoms with E-state index in [1.54, 1.807) is 4.90 Å². The summed E-state index contributed by atoms with van der Waals surface area (Å²) >= 11 is 7.37. The highest BCUT2D eigenvalue weighted by Gasteiger charge is 2.29. The van der Waals surface area contributed by atoms with Crippen molar-refractivity contribution >= 4 is 40.6 Å². The molecule has 2 aliphatic heterocycles. The van der Waals surface area contributed by atoms with Crippen LogP contribution in [0.1, 0.15) is 38.5 Å². The van der Waals surface area contributed by atoms with E-state index in [4.69, 9.17) is 21.2 Å². The fourth-order valence-corrected chi connectivity index (χ4v) is 4.27. The van der Waals surface area contributed by atoms with Crippen molar-refractivity contribution in [3.8, 4) is 0 Å². The van der Waals surface area contributed by atoms with Crippen molar-refractivity contribution in [1.82, 2.24) is 15.1 Å². The first-order valence-electron chi connectivity index (χ1n) is 10.2. The van der Waals surface area contributed by atoms with Crippen LogP contribution in [0.2, 0.25) is 4.34 Å². The Hall–Kier alpha value is -1.84. The summed E-state index contributed by atoms with van der Waals surface area (Å²) in [6, 6.07) is 3.70. The van der Waals surface area contributed by atoms with Crippen molar-refractivity contribution in [3.05, 3.63) is 21.3 Å². The lowest BCUT2D eigenvalue weighted by Crippen LogP contribution is -2.50. The highest BCUT2D eigenvalue weighted by atomic mass is 35.5. The second-order valence-corrected chi connectivity index (χ2v) is 10.1. The molecule has 30 heavy (non-hydrogen) atoms. The van der Waals surface area contributed by atoms with Crippen molar-refractivity contribution < 1.29 is 19.2 Å². The van der Waals surface area contributed by atoms with Gasteiger partial charge in [-0.3, -0.25) is 9.69 Å². The summed E-state index contributed by atoms with van der Waals surface area (Å²) in [5.74, 6) is -0.147. The average Bonchev–Trinajstić information content (AvgIpc) is 3.33. The van der Waals surface area contributed by atoms with E-state index in [1.807, 2.05) is 32.9 Å². The number of carbonyl (C=O) groups excluding carboxylic acids is 2. The Labute approximate surface area is 186 Å². The Morgan fingerprint density at radius 3 is 2.67 bits per heavy atom. The normalized spacial score (nSPS) is 19.9. The first-order valence-corrected chi connectivity index (χ1v) is 11.4. The number of nitrogens with one attached hydrogen (secondary N) is 1. The van der Waals surface area contributed by atoms with Gasteiger partial charge in [0, 0.05) is 39.1 Å². The molecule has 1 fully saturated rings. The summed E-state index contributed by atoms with van der Waals surface area (Å²) in [4.78, 5) is 34.7. The predicted octanol–water partition coefficient (Wildman–Crippen LogP) is 2.95. The summed E-state index contributed by atoms with van der Waals surface area (Å²) in [6.45, 7) is 9.98. The lowest BCUT2D eigenvalue weighted by Gasteiger charge is -2.35. The van der Waals surface area contributed by atoms with Crippen LogP contribution in [0.4, 0.5) is 4.79 Å². The van der Waals surface area contributed by atoms with Gasteiger partial charge in [-0.05, 0) is 45.9 Å². The van der Waals surface area contributed by atoms with Gasteiger partial charge in [-0.25, -0.2) is 4.79 Å². The second kappa shape index (κ2) is 9.98. The van der Waals surface area contributed by atoms with Gasteiger partial charge in [-0.2, -0.15) is 0 Å². The number of ether oxygens (including phenoxy) is 1. The van der Waals surface area contributed by atoms with Gasteiger partial charge in [0.1, 0.15) is 11.3 Å². The zero-order valence-electron chi connectivity index (χ0n) is 17.6. The zero-order valence-corrected chi connectivity index (χ0v) is 19.2. The summed E-state index contributed by atoms with van der Waals surface area (Å²) < 4.78 is 6.10. The van der Waals surface area contributed by atoms with Crippen molar-refractivity contribution in [3.63, 3.8) is 0 Å². The van der Waals surface area contributed by atoms with E-state index in [-0.39, 0.29) is 12.0 Å². The molecule has 0 aromatic carbocycles. The molecule has 3 heterocycles. The maximum atomic E-state index is 12.3. The van der Waals surface area contributed by atoms with Crippen LogP contribution in [0.25, 0.3) is 0 Å². The third-order valence-corrected chi connectivity index (χ3v) is 6.07. The van der Waals surface area contributed by atoms with E-state index in [2.05, 4.69) is 15.4 Å². The van der Waals surface area contributed by atoms with Crippen LogP contribution in [-0.2, 0) is 14.4 Å². The van der Waals surface area contributed by atoms with Gasteiger partial charge in [0.25, 0.3) is 5.91 Å². The van der Waals surface area contributed by atoms with Gasteiger partial charge in [0.15, 0.2) is 0 Å². The Morgan fingerprint density at radius 2 is 2.03 bits per heavy atom. The van der Waals surface area contributed by atoms with Crippen molar-refractivity contribution in [1.29, 1.82) is 0 Å². The number of nitrogens with zero attached hydrogens (tertiary/aromatic N) is 3. The predicted molar refractivity (Wildman–Crippen MR) is 117 cm³/mol. The molecular formula is C20H29ClN4O4S. The van der Waals surface area contributed by atoms with Crippen LogP contribution < -0.4 is 5.32 Å². The maximum absolute atomic E-state index is 12.3. The summed E-state index contributed by atoms with van der Waals surface area (Å²) in [6.07, 6.45) is 0.449. The smallest absolute Gasteiger partial charge is 0.410 e. The molecule has 1 saturated heterocycles. The Kier molecular flexibility index (Phi) is 7.60. The highest BCUT2D eigenvalue weighted by molar-refractivity contribution is 7.18. The number of amides is 2. The third-order valence-electron chi connectivity index (χ3n) is 4.79. The molecule has 8 nitrogen and oxygen atoms in total. The van der Waals surface area contributed by atoms with Crippen LogP contribution in [0.15, 0.2) is 17.3 Å². The number of piperazine rings is 1. The molecule has 1 aromatic rings. The quantitative estimate of drug-likeness (QED) is 0.665. The molecular weight excluding hydrogens is 428 g/mol. The molecule has 1 unspecified atom stereocenters. The Morgan fingerprint density at radius 1 is 1.30 bits per heavy atom. The van der Waals surface area contributed by atoms with Gasteiger partial charge in [0.2, 0.25) is 6.10 Å². The number of rotatable bonds is 6. The van der Waals surface area contributed by atoms with E-state index in [0.29, 0.717) is 30.4 Å². The molecule has 0 spiro atoms. The maximum Gasteiger partial charge on any atom is 0.410 e. The Bertz CT molecular complexity index is 784. The molecule has 0 bridgehead atoms. The molecule has 2 amide bonds. The van der Waals surface area contributed by atoms with Crippen molar-refractivity contribution in [2.75, 3.05) is 39.3 Å². The van der Waals surface area contributed by atoms with Crippen LogP contribution in [0.5, 0.6) is 0 Å². The lowest BCUT2D eigenvalue weighted by molar-refractivity contribution is -0.131. The third kappa shape index (κ3) is 6.58. The summed E-state index contributed by atoms with van der Waals surface area (Å²) in [5.41, 5.74) is 0.285. The second-order valence-electron chi connectivity index (χ2n) is 8.39. The molecule has 2 aliphatic rings. The minimum atomic E-state index is -0.585. The van der Waals surface area contributed by atoms with E-state index in [0.717, 1.165) is 36.6 Å². The molecule has 0 aliphatic carbocycles. The van der Waals surface area contributed by atoms with Crippen LogP contribution >= 0.6 is 22.9 Å². The summed E-state index contributed by atoms with van der Waals surface area (Å²) in [5, 5.41) is 6.95. The van der Waals surface area contributed by atoms with Crippen molar-refractivity contribution in [2.24, 2.45) is 5.16 Å². The van der Waals surface area contributed by atoms with Crippen molar-refractivity contribution in [2.45, 2.75) is 45.3 Å². The van der Waals surface area contributed by atoms with Gasteiger partial charge >= 0.3 is 6.09 Å². The van der Waals surface area contributed by atoms with E-state index >= 15 is 0 Å². The number of halogens is 1.